The Hall–Kier alpha value is -2.81. The van der Waals surface area contributed by atoms with Gasteiger partial charge in [-0.15, -0.1) is 5.10 Å². The van der Waals surface area contributed by atoms with E-state index in [2.05, 4.69) is 20.8 Å². The fourth-order valence-corrected chi connectivity index (χ4v) is 2.23. The highest BCUT2D eigenvalue weighted by Gasteiger charge is 2.18. The van der Waals surface area contributed by atoms with E-state index in [1.165, 1.54) is 15.9 Å². The molecule has 0 bridgehead atoms. The van der Waals surface area contributed by atoms with Crippen LogP contribution in [0.2, 0.25) is 0 Å². The average molecular weight is 346 g/mol. The van der Waals surface area contributed by atoms with Crippen LogP contribution in [0.4, 0.5) is 5.69 Å². The maximum atomic E-state index is 12.4. The topological polar surface area (TPSA) is 102 Å². The molecule has 0 aliphatic heterocycles. The Labute approximate surface area is 146 Å². The Kier molecular flexibility index (Phi) is 6.58. The minimum atomic E-state index is -0.269. The van der Waals surface area contributed by atoms with Crippen LogP contribution < -0.4 is 5.32 Å². The molecule has 9 heteroatoms. The molecule has 0 fully saturated rings. The third-order valence-electron chi connectivity index (χ3n) is 3.82. The number of nitrogens with zero attached hydrogens (tertiary/aromatic N) is 5. The molecule has 0 saturated carbocycles. The quantitative estimate of drug-likeness (QED) is 0.742. The first kappa shape index (κ1) is 18.5. The second-order valence-corrected chi connectivity index (χ2v) is 5.61. The van der Waals surface area contributed by atoms with Gasteiger partial charge in [0.15, 0.2) is 0 Å². The molecule has 25 heavy (non-hydrogen) atoms. The molecular weight excluding hydrogens is 324 g/mol. The highest BCUT2D eigenvalue weighted by Crippen LogP contribution is 2.17. The number of carbonyl (C=O) groups excluding carboxylic acids is 2. The highest BCUT2D eigenvalue weighted by molar-refractivity contribution is 5.95. The number of aryl methyl sites for hydroxylation is 1. The van der Waals surface area contributed by atoms with E-state index in [0.29, 0.717) is 13.2 Å². The number of methoxy groups -OCH3 is 1. The van der Waals surface area contributed by atoms with E-state index >= 15 is 0 Å². The van der Waals surface area contributed by atoms with E-state index in [0.717, 1.165) is 16.8 Å². The average Bonchev–Trinajstić information content (AvgIpc) is 3.08. The lowest BCUT2D eigenvalue weighted by atomic mass is 10.1. The van der Waals surface area contributed by atoms with Gasteiger partial charge in [-0.25, -0.2) is 4.68 Å². The number of aromatic nitrogens is 4. The zero-order valence-corrected chi connectivity index (χ0v) is 14.6. The normalized spacial score (nSPS) is 10.5. The second kappa shape index (κ2) is 8.88. The maximum Gasteiger partial charge on any atom is 0.244 e. The number of carbonyl (C=O) groups is 2. The van der Waals surface area contributed by atoms with Gasteiger partial charge < -0.3 is 15.0 Å². The van der Waals surface area contributed by atoms with Crippen molar-refractivity contribution in [1.29, 1.82) is 0 Å². The van der Waals surface area contributed by atoms with E-state index < -0.39 is 0 Å². The summed E-state index contributed by atoms with van der Waals surface area (Å²) in [6.07, 6.45) is 1.35. The van der Waals surface area contributed by atoms with Crippen LogP contribution in [-0.2, 0) is 20.9 Å². The molecule has 2 aromatic rings. The van der Waals surface area contributed by atoms with Gasteiger partial charge in [0, 0.05) is 19.3 Å². The van der Waals surface area contributed by atoms with Crippen molar-refractivity contribution in [2.24, 2.45) is 0 Å². The first-order valence-electron chi connectivity index (χ1n) is 7.84. The number of ether oxygens (including phenoxy) is 1. The SMILES string of the molecule is COCCN(CC(=O)Nc1cccc(C)c1C)C(=O)Cn1cnnn1. The number of anilines is 1. The molecule has 0 radical (unpaired) electrons. The minimum absolute atomic E-state index is 0.0343. The number of hydrogen-bond donors (Lipinski definition) is 1. The Morgan fingerprint density at radius 1 is 1.32 bits per heavy atom. The summed E-state index contributed by atoms with van der Waals surface area (Å²) in [6, 6.07) is 5.69. The van der Waals surface area contributed by atoms with Crippen LogP contribution in [0.3, 0.4) is 0 Å². The number of amides is 2. The Morgan fingerprint density at radius 2 is 2.12 bits per heavy atom. The van der Waals surface area contributed by atoms with Gasteiger partial charge in [0.05, 0.1) is 6.61 Å². The summed E-state index contributed by atoms with van der Waals surface area (Å²) in [5.41, 5.74) is 2.83. The Bertz CT molecular complexity index is 717. The standard InChI is InChI=1S/C16H22N6O3/c1-12-5-4-6-14(13(12)2)18-15(23)9-21(7-8-25-3)16(24)10-22-11-17-19-20-22/h4-6,11H,7-10H2,1-3H3,(H,18,23). The van der Waals surface area contributed by atoms with Crippen LogP contribution in [0.1, 0.15) is 11.1 Å². The first-order chi connectivity index (χ1) is 12.0. The van der Waals surface area contributed by atoms with Crippen molar-refractivity contribution in [1.82, 2.24) is 25.1 Å². The Morgan fingerprint density at radius 3 is 2.80 bits per heavy atom. The third-order valence-corrected chi connectivity index (χ3v) is 3.82. The summed E-state index contributed by atoms with van der Waals surface area (Å²) in [7, 11) is 1.54. The smallest absolute Gasteiger partial charge is 0.244 e. The van der Waals surface area contributed by atoms with Gasteiger partial charge in [0.25, 0.3) is 0 Å². The summed E-state index contributed by atoms with van der Waals surface area (Å²) in [6.45, 7) is 4.45. The number of benzene rings is 1. The molecule has 0 saturated heterocycles. The monoisotopic (exact) mass is 346 g/mol. The van der Waals surface area contributed by atoms with E-state index in [-0.39, 0.29) is 24.9 Å². The third kappa shape index (κ3) is 5.35. The van der Waals surface area contributed by atoms with Gasteiger partial charge >= 0.3 is 0 Å². The molecule has 1 aromatic carbocycles. The molecule has 0 aliphatic carbocycles. The fourth-order valence-electron chi connectivity index (χ4n) is 2.23. The number of nitrogens with one attached hydrogen (secondary N) is 1. The van der Waals surface area contributed by atoms with Gasteiger partial charge in [0.2, 0.25) is 11.8 Å². The van der Waals surface area contributed by atoms with Gasteiger partial charge in [0.1, 0.15) is 19.4 Å². The van der Waals surface area contributed by atoms with E-state index in [1.807, 2.05) is 32.0 Å². The summed E-state index contributed by atoms with van der Waals surface area (Å²) in [5.74, 6) is -0.532. The molecule has 0 aliphatic rings. The molecule has 0 unspecified atom stereocenters. The first-order valence-corrected chi connectivity index (χ1v) is 7.84. The van der Waals surface area contributed by atoms with E-state index in [1.54, 1.807) is 7.11 Å². The van der Waals surface area contributed by atoms with Crippen LogP contribution >= 0.6 is 0 Å². The number of hydrogen-bond acceptors (Lipinski definition) is 6. The lowest BCUT2D eigenvalue weighted by molar-refractivity contribution is -0.136. The number of tetrazole rings is 1. The summed E-state index contributed by atoms with van der Waals surface area (Å²) >= 11 is 0. The van der Waals surface area contributed by atoms with Crippen LogP contribution in [-0.4, -0.2) is 63.7 Å². The van der Waals surface area contributed by atoms with Crippen LogP contribution in [0.15, 0.2) is 24.5 Å². The predicted octanol–water partition coefficient (Wildman–Crippen LogP) is 0.404. The molecule has 1 heterocycles. The molecule has 2 amide bonds. The second-order valence-electron chi connectivity index (χ2n) is 5.61. The minimum Gasteiger partial charge on any atom is -0.383 e. The molecular formula is C16H22N6O3. The van der Waals surface area contributed by atoms with Crippen molar-refractivity contribution in [3.63, 3.8) is 0 Å². The van der Waals surface area contributed by atoms with Crippen molar-refractivity contribution in [2.45, 2.75) is 20.4 Å². The van der Waals surface area contributed by atoms with Crippen molar-refractivity contribution in [3.05, 3.63) is 35.7 Å². The highest BCUT2D eigenvalue weighted by atomic mass is 16.5. The predicted molar refractivity (Wildman–Crippen MR) is 90.8 cm³/mol. The van der Waals surface area contributed by atoms with Gasteiger partial charge in [-0.2, -0.15) is 0 Å². The van der Waals surface area contributed by atoms with Crippen LogP contribution in [0.25, 0.3) is 0 Å². The summed E-state index contributed by atoms with van der Waals surface area (Å²) in [4.78, 5) is 26.2. The van der Waals surface area contributed by atoms with E-state index in [4.69, 9.17) is 4.74 Å². The van der Waals surface area contributed by atoms with Gasteiger partial charge in [-0.05, 0) is 41.5 Å². The van der Waals surface area contributed by atoms with Crippen molar-refractivity contribution in [2.75, 3.05) is 32.1 Å². The van der Waals surface area contributed by atoms with Crippen LogP contribution in [0, 0.1) is 13.8 Å². The summed E-state index contributed by atoms with van der Waals surface area (Å²) in [5, 5.41) is 13.5. The largest absolute Gasteiger partial charge is 0.383 e. The van der Waals surface area contributed by atoms with Crippen molar-refractivity contribution >= 4 is 17.5 Å². The molecule has 1 N–H and O–H groups in total. The molecule has 1 aromatic heterocycles. The maximum absolute atomic E-state index is 12.4. The molecule has 9 nitrogen and oxygen atoms in total. The zero-order valence-electron chi connectivity index (χ0n) is 14.6. The lowest BCUT2D eigenvalue weighted by Gasteiger charge is -2.22. The van der Waals surface area contributed by atoms with E-state index in [9.17, 15) is 9.59 Å². The zero-order chi connectivity index (χ0) is 18.2. The molecule has 2 rings (SSSR count). The summed E-state index contributed by atoms with van der Waals surface area (Å²) < 4.78 is 6.33. The Balaban J connectivity index is 2.01. The molecule has 134 valence electrons. The van der Waals surface area contributed by atoms with Crippen molar-refractivity contribution < 1.29 is 14.3 Å². The molecule has 0 atom stereocenters. The van der Waals surface area contributed by atoms with Gasteiger partial charge in [-0.3, -0.25) is 9.59 Å². The van der Waals surface area contributed by atoms with Crippen molar-refractivity contribution in [3.8, 4) is 0 Å². The lowest BCUT2D eigenvalue weighted by Crippen LogP contribution is -2.41. The van der Waals surface area contributed by atoms with Crippen LogP contribution in [0.5, 0.6) is 0 Å². The molecule has 0 spiro atoms. The fraction of sp³-hybridized carbons (Fsp3) is 0.438. The van der Waals surface area contributed by atoms with Gasteiger partial charge in [-0.1, -0.05) is 12.1 Å². The number of rotatable bonds is 8.